The van der Waals surface area contributed by atoms with Crippen molar-refractivity contribution in [2.24, 2.45) is 5.92 Å². The first kappa shape index (κ1) is 36.1. The summed E-state index contributed by atoms with van der Waals surface area (Å²) in [7, 11) is 1.93. The fourth-order valence-corrected chi connectivity index (χ4v) is 6.09. The van der Waals surface area contributed by atoms with Gasteiger partial charge in [-0.3, -0.25) is 4.79 Å². The Morgan fingerprint density at radius 3 is 2.29 bits per heavy atom. The first-order valence-corrected chi connectivity index (χ1v) is 16.8. The lowest BCUT2D eigenvalue weighted by Crippen LogP contribution is -2.44. The highest BCUT2D eigenvalue weighted by Gasteiger charge is 2.39. The van der Waals surface area contributed by atoms with Crippen LogP contribution in [0.2, 0.25) is 0 Å². The molecular formula is C37H39Cl3N2O6. The molecule has 4 aromatic carbocycles. The number of halogens is 3. The first-order chi connectivity index (χ1) is 22.9. The Morgan fingerprint density at radius 2 is 1.62 bits per heavy atom. The van der Waals surface area contributed by atoms with Gasteiger partial charge in [-0.1, -0.05) is 127 Å². The van der Waals surface area contributed by atoms with E-state index in [-0.39, 0.29) is 37.0 Å². The molecule has 5 atom stereocenters. The third-order valence-corrected chi connectivity index (χ3v) is 9.08. The van der Waals surface area contributed by atoms with E-state index in [1.807, 2.05) is 84.7 Å². The SMILES string of the molecule is C[C@@H]1[C@H](CN(C)C[C@@H](O)c2cccc(O)c2)O[C@H](c2ccc(-c3ccccc3CNC(=O)C(Cl)(Cl)Cl)cc2)O[C@@H]1c1ccc(CO)cc1. The number of alkyl halides is 3. The summed E-state index contributed by atoms with van der Waals surface area (Å²) in [6, 6.07) is 29.9. The number of ether oxygens (including phenoxy) is 2. The van der Waals surface area contributed by atoms with Gasteiger partial charge >= 0.3 is 0 Å². The topological polar surface area (TPSA) is 111 Å². The largest absolute Gasteiger partial charge is 0.508 e. The zero-order valence-corrected chi connectivity index (χ0v) is 28.9. The molecular weight excluding hydrogens is 675 g/mol. The van der Waals surface area contributed by atoms with Crippen LogP contribution < -0.4 is 5.32 Å². The van der Waals surface area contributed by atoms with E-state index in [2.05, 4.69) is 12.2 Å². The van der Waals surface area contributed by atoms with Gasteiger partial charge in [0.2, 0.25) is 0 Å². The fraction of sp³-hybridized carbons (Fsp3) is 0.324. The van der Waals surface area contributed by atoms with Crippen LogP contribution in [0.1, 0.15) is 53.2 Å². The Morgan fingerprint density at radius 1 is 0.938 bits per heavy atom. The van der Waals surface area contributed by atoms with Gasteiger partial charge in [0.15, 0.2) is 6.29 Å². The van der Waals surface area contributed by atoms with Crippen molar-refractivity contribution in [3.8, 4) is 16.9 Å². The summed E-state index contributed by atoms with van der Waals surface area (Å²) >= 11 is 17.2. The average Bonchev–Trinajstić information content (AvgIpc) is 3.08. The zero-order chi connectivity index (χ0) is 34.4. The van der Waals surface area contributed by atoms with E-state index in [0.717, 1.165) is 33.4 Å². The summed E-state index contributed by atoms with van der Waals surface area (Å²) in [5.74, 6) is -0.640. The molecule has 8 nitrogen and oxygen atoms in total. The number of nitrogens with zero attached hydrogens (tertiary/aromatic N) is 1. The second-order valence-corrected chi connectivity index (χ2v) is 14.4. The molecule has 1 amide bonds. The van der Waals surface area contributed by atoms with Crippen molar-refractivity contribution in [3.63, 3.8) is 0 Å². The van der Waals surface area contributed by atoms with Crippen molar-refractivity contribution in [3.05, 3.63) is 125 Å². The van der Waals surface area contributed by atoms with E-state index in [1.165, 1.54) is 0 Å². The lowest BCUT2D eigenvalue weighted by atomic mass is 9.90. The molecule has 0 saturated carbocycles. The second kappa shape index (κ2) is 16.0. The number of carbonyl (C=O) groups is 1. The van der Waals surface area contributed by atoms with E-state index in [4.69, 9.17) is 44.3 Å². The highest BCUT2D eigenvalue weighted by Crippen LogP contribution is 2.42. The minimum Gasteiger partial charge on any atom is -0.508 e. The van der Waals surface area contributed by atoms with Crippen molar-refractivity contribution in [2.75, 3.05) is 20.1 Å². The van der Waals surface area contributed by atoms with Crippen LogP contribution in [-0.2, 0) is 27.4 Å². The number of likely N-dealkylation sites (N-methyl/N-ethyl adjacent to an activating group) is 1. The van der Waals surface area contributed by atoms with Crippen LogP contribution in [0.5, 0.6) is 5.75 Å². The molecule has 1 saturated heterocycles. The number of rotatable bonds is 11. The van der Waals surface area contributed by atoms with Gasteiger partial charge in [0.1, 0.15) is 5.75 Å². The molecule has 11 heteroatoms. The molecule has 1 heterocycles. The third-order valence-electron chi connectivity index (χ3n) is 8.56. The van der Waals surface area contributed by atoms with Gasteiger partial charge in [-0.25, -0.2) is 0 Å². The number of aliphatic hydroxyl groups is 2. The molecule has 0 bridgehead atoms. The molecule has 0 aromatic heterocycles. The van der Waals surface area contributed by atoms with Gasteiger partial charge in [-0.2, -0.15) is 0 Å². The van der Waals surface area contributed by atoms with Crippen LogP contribution in [0.4, 0.5) is 0 Å². The number of aromatic hydroxyl groups is 1. The molecule has 48 heavy (non-hydrogen) atoms. The van der Waals surface area contributed by atoms with Crippen LogP contribution in [0.25, 0.3) is 11.1 Å². The Bertz CT molecular complexity index is 1670. The maximum absolute atomic E-state index is 12.1. The third kappa shape index (κ3) is 9.08. The minimum atomic E-state index is -2.05. The summed E-state index contributed by atoms with van der Waals surface area (Å²) in [5.41, 5.74) is 5.95. The number of carbonyl (C=O) groups excluding carboxylic acids is 1. The van der Waals surface area contributed by atoms with Crippen LogP contribution in [-0.4, -0.2) is 56.2 Å². The number of hydrogen-bond donors (Lipinski definition) is 4. The molecule has 4 aromatic rings. The van der Waals surface area contributed by atoms with Gasteiger partial charge in [-0.15, -0.1) is 0 Å². The molecule has 5 rings (SSSR count). The van der Waals surface area contributed by atoms with Crippen LogP contribution >= 0.6 is 34.8 Å². The number of hydrogen-bond acceptors (Lipinski definition) is 7. The van der Waals surface area contributed by atoms with Crippen molar-refractivity contribution in [2.45, 2.75) is 48.5 Å². The van der Waals surface area contributed by atoms with Crippen molar-refractivity contribution < 1.29 is 29.6 Å². The molecule has 0 unspecified atom stereocenters. The second-order valence-electron chi connectivity index (χ2n) is 12.1. The van der Waals surface area contributed by atoms with Crippen molar-refractivity contribution in [1.29, 1.82) is 0 Å². The maximum Gasteiger partial charge on any atom is 0.272 e. The van der Waals surface area contributed by atoms with Gasteiger partial charge in [0.25, 0.3) is 9.70 Å². The molecule has 1 aliphatic rings. The minimum absolute atomic E-state index is 0.0449. The van der Waals surface area contributed by atoms with E-state index in [0.29, 0.717) is 18.7 Å². The van der Waals surface area contributed by atoms with Crippen LogP contribution in [0.15, 0.2) is 97.1 Å². The highest BCUT2D eigenvalue weighted by molar-refractivity contribution is 6.76. The van der Waals surface area contributed by atoms with E-state index in [9.17, 15) is 20.1 Å². The summed E-state index contributed by atoms with van der Waals surface area (Å²) in [4.78, 5) is 14.2. The fourth-order valence-electron chi connectivity index (χ4n) is 5.89. The average molecular weight is 714 g/mol. The number of phenolic OH excluding ortho intramolecular Hbond substituents is 1. The molecule has 254 valence electrons. The molecule has 0 spiro atoms. The van der Waals surface area contributed by atoms with Gasteiger partial charge < -0.3 is 35.0 Å². The Kier molecular flexibility index (Phi) is 12.1. The maximum atomic E-state index is 12.1. The number of nitrogens with one attached hydrogen (secondary N) is 1. The van der Waals surface area contributed by atoms with Crippen LogP contribution in [0.3, 0.4) is 0 Å². The van der Waals surface area contributed by atoms with Gasteiger partial charge in [-0.05, 0) is 52.6 Å². The van der Waals surface area contributed by atoms with Gasteiger partial charge in [0, 0.05) is 31.1 Å². The summed E-state index contributed by atoms with van der Waals surface area (Å²) in [6.07, 6.45) is -2.02. The Labute approximate surface area is 295 Å². The highest BCUT2D eigenvalue weighted by atomic mass is 35.6. The van der Waals surface area contributed by atoms with E-state index < -0.39 is 22.1 Å². The normalized spacial score (nSPS) is 20.4. The van der Waals surface area contributed by atoms with E-state index in [1.54, 1.807) is 24.3 Å². The monoisotopic (exact) mass is 712 g/mol. The van der Waals surface area contributed by atoms with E-state index >= 15 is 0 Å². The summed E-state index contributed by atoms with van der Waals surface area (Å²) < 4.78 is 11.2. The lowest BCUT2D eigenvalue weighted by molar-refractivity contribution is -0.276. The number of benzene rings is 4. The first-order valence-electron chi connectivity index (χ1n) is 15.6. The Hall–Kier alpha value is -3.18. The van der Waals surface area contributed by atoms with Crippen molar-refractivity contribution >= 4 is 40.7 Å². The lowest BCUT2D eigenvalue weighted by Gasteiger charge is -2.42. The van der Waals surface area contributed by atoms with Crippen LogP contribution in [0, 0.1) is 5.92 Å². The smallest absolute Gasteiger partial charge is 0.272 e. The number of amides is 1. The quantitative estimate of drug-likeness (QED) is 0.124. The summed E-state index contributed by atoms with van der Waals surface area (Å²) in [6.45, 7) is 3.09. The standard InChI is InChI=1S/C37H39Cl3N2O6/c1-23-33(21-42(2)20-32(45)28-7-5-8-30(44)18-28)47-35(48-34(23)26-12-10-24(22-43)11-13-26)27-16-14-25(15-17-27)31-9-4-3-6-29(31)19-41-36(46)37(38,39)40/h3-18,23,32-35,43-45H,19-22H2,1-2H3,(H,41,46)/t23-,32-,33+,34+,35+/m1/s1. The van der Waals surface area contributed by atoms with Gasteiger partial charge in [0.05, 0.1) is 24.9 Å². The molecule has 0 aliphatic carbocycles. The predicted octanol–water partition coefficient (Wildman–Crippen LogP) is 6.99. The Balaban J connectivity index is 1.36. The predicted molar refractivity (Wildman–Crippen MR) is 188 cm³/mol. The molecule has 1 aliphatic heterocycles. The zero-order valence-electron chi connectivity index (χ0n) is 26.6. The van der Waals surface area contributed by atoms with Crippen molar-refractivity contribution in [1.82, 2.24) is 10.2 Å². The molecule has 4 N–H and O–H groups in total. The number of aliphatic hydroxyl groups excluding tert-OH is 2. The molecule has 0 radical (unpaired) electrons. The molecule has 1 fully saturated rings. The number of phenols is 1. The summed E-state index contributed by atoms with van der Waals surface area (Å²) in [5, 5.41) is 33.0.